The number of amides is 1. The molecule has 0 unspecified atom stereocenters. The number of carbonyl (C=O) groups excluding carboxylic acids is 1. The number of tetrazole rings is 1. The molecule has 0 saturated carbocycles. The Kier molecular flexibility index (Phi) is 5.90. The van der Waals surface area contributed by atoms with Gasteiger partial charge in [-0.2, -0.15) is 0 Å². The predicted octanol–water partition coefficient (Wildman–Crippen LogP) is 1.37. The molecule has 1 saturated heterocycles. The molecular weight excluding hydrogens is 304 g/mol. The van der Waals surface area contributed by atoms with E-state index in [0.717, 1.165) is 6.54 Å². The Morgan fingerprint density at radius 3 is 2.54 bits per heavy atom. The minimum Gasteiger partial charge on any atom is -0.350 e. The first-order valence-electron chi connectivity index (χ1n) is 8.58. The van der Waals surface area contributed by atoms with Crippen LogP contribution < -0.4 is 5.32 Å². The third-order valence-electron chi connectivity index (χ3n) is 4.38. The fourth-order valence-corrected chi connectivity index (χ4v) is 3.07. The molecule has 0 bridgehead atoms. The number of likely N-dealkylation sites (tertiary alicyclic amines) is 1. The van der Waals surface area contributed by atoms with Gasteiger partial charge in [0.1, 0.15) is 12.9 Å². The van der Waals surface area contributed by atoms with Gasteiger partial charge in [-0.15, -0.1) is 5.10 Å². The summed E-state index contributed by atoms with van der Waals surface area (Å²) in [6, 6.07) is 8.34. The third kappa shape index (κ3) is 4.86. The molecule has 24 heavy (non-hydrogen) atoms. The maximum absolute atomic E-state index is 12.0. The summed E-state index contributed by atoms with van der Waals surface area (Å²) in [7, 11) is 0. The third-order valence-corrected chi connectivity index (χ3v) is 4.38. The molecule has 1 aliphatic heterocycles. The fourth-order valence-electron chi connectivity index (χ4n) is 3.07. The minimum absolute atomic E-state index is 0.0909. The van der Waals surface area contributed by atoms with Crippen LogP contribution in [0.5, 0.6) is 0 Å². The number of carbonyl (C=O) groups is 1. The van der Waals surface area contributed by atoms with Crippen LogP contribution in [-0.2, 0) is 24.4 Å². The van der Waals surface area contributed by atoms with Crippen molar-refractivity contribution in [2.75, 3.05) is 13.1 Å². The highest BCUT2D eigenvalue weighted by molar-refractivity contribution is 5.75. The zero-order chi connectivity index (χ0) is 16.6. The van der Waals surface area contributed by atoms with Crippen molar-refractivity contribution in [3.63, 3.8) is 0 Å². The number of aromatic nitrogens is 4. The first-order valence-corrected chi connectivity index (χ1v) is 8.58. The van der Waals surface area contributed by atoms with E-state index in [0.29, 0.717) is 6.54 Å². The molecule has 1 aromatic carbocycles. The van der Waals surface area contributed by atoms with E-state index in [9.17, 15) is 4.79 Å². The summed E-state index contributed by atoms with van der Waals surface area (Å²) in [4.78, 5) is 14.5. The van der Waals surface area contributed by atoms with Crippen molar-refractivity contribution in [2.24, 2.45) is 0 Å². The maximum Gasteiger partial charge on any atom is 0.242 e. The van der Waals surface area contributed by atoms with Gasteiger partial charge in [0.15, 0.2) is 0 Å². The topological polar surface area (TPSA) is 75.9 Å². The normalized spacial score (nSPS) is 15.8. The average Bonchev–Trinajstić information content (AvgIpc) is 2.96. The summed E-state index contributed by atoms with van der Waals surface area (Å²) in [6.07, 6.45) is 6.68. The highest BCUT2D eigenvalue weighted by Gasteiger charge is 2.12. The highest BCUT2D eigenvalue weighted by Crippen LogP contribution is 2.16. The Labute approximate surface area is 142 Å². The molecule has 1 aromatic heterocycles. The van der Waals surface area contributed by atoms with E-state index in [4.69, 9.17) is 0 Å². The van der Waals surface area contributed by atoms with Crippen LogP contribution >= 0.6 is 0 Å². The Morgan fingerprint density at radius 2 is 1.83 bits per heavy atom. The van der Waals surface area contributed by atoms with Crippen molar-refractivity contribution in [3.8, 4) is 0 Å². The molecule has 3 rings (SSSR count). The number of hydrogen-bond acceptors (Lipinski definition) is 5. The average molecular weight is 328 g/mol. The SMILES string of the molecule is O=C(Cn1cnnn1)NCc1ccccc1CN1CCCCCC1. The largest absolute Gasteiger partial charge is 0.350 e. The lowest BCUT2D eigenvalue weighted by molar-refractivity contribution is -0.122. The molecule has 128 valence electrons. The van der Waals surface area contributed by atoms with Gasteiger partial charge in [-0.3, -0.25) is 9.69 Å². The van der Waals surface area contributed by atoms with Gasteiger partial charge in [0.25, 0.3) is 0 Å². The lowest BCUT2D eigenvalue weighted by atomic mass is 10.1. The molecule has 0 atom stereocenters. The van der Waals surface area contributed by atoms with Gasteiger partial charge in [0.05, 0.1) is 0 Å². The van der Waals surface area contributed by atoms with Crippen molar-refractivity contribution < 1.29 is 4.79 Å². The van der Waals surface area contributed by atoms with Crippen molar-refractivity contribution >= 4 is 5.91 Å². The maximum atomic E-state index is 12.0. The number of benzene rings is 1. The number of rotatable bonds is 6. The smallest absolute Gasteiger partial charge is 0.242 e. The van der Waals surface area contributed by atoms with E-state index >= 15 is 0 Å². The van der Waals surface area contributed by atoms with Crippen molar-refractivity contribution in [3.05, 3.63) is 41.7 Å². The van der Waals surface area contributed by atoms with E-state index < -0.39 is 0 Å². The van der Waals surface area contributed by atoms with Gasteiger partial charge in [-0.25, -0.2) is 4.68 Å². The summed E-state index contributed by atoms with van der Waals surface area (Å²) in [5.41, 5.74) is 2.47. The van der Waals surface area contributed by atoms with Crippen LogP contribution in [0.2, 0.25) is 0 Å². The van der Waals surface area contributed by atoms with Gasteiger partial charge >= 0.3 is 0 Å². The summed E-state index contributed by atoms with van der Waals surface area (Å²) >= 11 is 0. The molecule has 1 amide bonds. The molecule has 7 heteroatoms. The van der Waals surface area contributed by atoms with Gasteiger partial charge < -0.3 is 5.32 Å². The summed E-state index contributed by atoms with van der Waals surface area (Å²) in [5, 5.41) is 13.7. The molecular formula is C17H24N6O. The fraction of sp³-hybridized carbons (Fsp3) is 0.529. The van der Waals surface area contributed by atoms with E-state index in [1.807, 2.05) is 6.07 Å². The molecule has 1 fully saturated rings. The molecule has 0 spiro atoms. The lowest BCUT2D eigenvalue weighted by Gasteiger charge is -2.21. The van der Waals surface area contributed by atoms with Crippen LogP contribution in [0.1, 0.15) is 36.8 Å². The Balaban J connectivity index is 1.56. The number of hydrogen-bond donors (Lipinski definition) is 1. The van der Waals surface area contributed by atoms with E-state index in [1.54, 1.807) is 0 Å². The number of nitrogens with zero attached hydrogens (tertiary/aromatic N) is 5. The van der Waals surface area contributed by atoms with E-state index in [2.05, 4.69) is 43.9 Å². The lowest BCUT2D eigenvalue weighted by Crippen LogP contribution is -2.29. The Bertz CT molecular complexity index is 634. The summed E-state index contributed by atoms with van der Waals surface area (Å²) in [5.74, 6) is -0.0909. The second kappa shape index (κ2) is 8.54. The van der Waals surface area contributed by atoms with Crippen LogP contribution in [-0.4, -0.2) is 44.1 Å². The van der Waals surface area contributed by atoms with E-state index in [-0.39, 0.29) is 12.5 Å². The molecule has 2 heterocycles. The Hall–Kier alpha value is -2.28. The van der Waals surface area contributed by atoms with Crippen molar-refractivity contribution in [1.29, 1.82) is 0 Å². The van der Waals surface area contributed by atoms with Crippen molar-refractivity contribution in [2.45, 2.75) is 45.3 Å². The molecule has 1 N–H and O–H groups in total. The predicted molar refractivity (Wildman–Crippen MR) is 89.9 cm³/mol. The Morgan fingerprint density at radius 1 is 1.08 bits per heavy atom. The molecule has 2 aromatic rings. The van der Waals surface area contributed by atoms with Crippen LogP contribution in [0.25, 0.3) is 0 Å². The van der Waals surface area contributed by atoms with Gasteiger partial charge in [-0.05, 0) is 47.5 Å². The highest BCUT2D eigenvalue weighted by atomic mass is 16.2. The van der Waals surface area contributed by atoms with E-state index in [1.165, 1.54) is 60.9 Å². The molecule has 0 aliphatic carbocycles. The number of nitrogens with one attached hydrogen (secondary N) is 1. The summed E-state index contributed by atoms with van der Waals surface area (Å²) < 4.78 is 1.42. The quantitative estimate of drug-likeness (QED) is 0.866. The zero-order valence-corrected chi connectivity index (χ0v) is 13.9. The van der Waals surface area contributed by atoms with Gasteiger partial charge in [-0.1, -0.05) is 37.1 Å². The van der Waals surface area contributed by atoms with Crippen molar-refractivity contribution in [1.82, 2.24) is 30.4 Å². The van der Waals surface area contributed by atoms with Crippen LogP contribution in [0.15, 0.2) is 30.6 Å². The first kappa shape index (κ1) is 16.6. The monoisotopic (exact) mass is 328 g/mol. The minimum atomic E-state index is -0.0909. The second-order valence-corrected chi connectivity index (χ2v) is 6.24. The molecule has 7 nitrogen and oxygen atoms in total. The standard InChI is InChI=1S/C17H24N6O/c24-17(13-23-14-19-20-21-23)18-11-15-7-3-4-8-16(15)12-22-9-5-1-2-6-10-22/h3-4,7-8,14H,1-2,5-6,9-13H2,(H,18,24). The van der Waals surface area contributed by atoms with Crippen LogP contribution in [0, 0.1) is 0 Å². The van der Waals surface area contributed by atoms with Gasteiger partial charge in [0, 0.05) is 13.1 Å². The van der Waals surface area contributed by atoms with Crippen LogP contribution in [0.4, 0.5) is 0 Å². The molecule has 1 aliphatic rings. The zero-order valence-electron chi connectivity index (χ0n) is 13.9. The second-order valence-electron chi connectivity index (χ2n) is 6.24. The summed E-state index contributed by atoms with van der Waals surface area (Å²) in [6.45, 7) is 3.96. The van der Waals surface area contributed by atoms with Gasteiger partial charge in [0.2, 0.25) is 5.91 Å². The molecule has 0 radical (unpaired) electrons. The first-order chi connectivity index (χ1) is 11.8. The van der Waals surface area contributed by atoms with Crippen LogP contribution in [0.3, 0.4) is 0 Å².